The summed E-state index contributed by atoms with van der Waals surface area (Å²) in [6, 6.07) is 6.02. The van der Waals surface area contributed by atoms with Crippen LogP contribution in [0.15, 0.2) is 18.2 Å². The molecule has 2 saturated heterocycles. The maximum atomic E-state index is 12.4. The number of nitrogens with zero attached hydrogens (tertiary/aromatic N) is 1. The highest BCUT2D eigenvalue weighted by molar-refractivity contribution is 5.95. The lowest BCUT2D eigenvalue weighted by Crippen LogP contribution is -2.61. The second-order valence-electron chi connectivity index (χ2n) is 6.21. The van der Waals surface area contributed by atoms with Gasteiger partial charge in [-0.1, -0.05) is 6.07 Å². The summed E-state index contributed by atoms with van der Waals surface area (Å²) in [6.45, 7) is 8.24. The van der Waals surface area contributed by atoms with Crippen molar-refractivity contribution in [2.24, 2.45) is 5.41 Å². The van der Waals surface area contributed by atoms with E-state index in [-0.39, 0.29) is 5.91 Å². The molecule has 0 unspecified atom stereocenters. The van der Waals surface area contributed by atoms with E-state index >= 15 is 0 Å². The molecule has 0 atom stereocenters. The van der Waals surface area contributed by atoms with Crippen LogP contribution in [0.1, 0.15) is 34.3 Å². The fraction of sp³-hybridized carbons (Fsp3) is 0.562. The molecule has 0 saturated carbocycles. The summed E-state index contributed by atoms with van der Waals surface area (Å²) >= 11 is 0. The molecule has 2 aliphatic heterocycles. The molecule has 1 amide bonds. The van der Waals surface area contributed by atoms with E-state index in [1.807, 2.05) is 23.1 Å². The van der Waals surface area contributed by atoms with Gasteiger partial charge in [0.2, 0.25) is 0 Å². The molecule has 1 spiro atoms. The third-order valence-corrected chi connectivity index (χ3v) is 4.76. The van der Waals surface area contributed by atoms with Crippen LogP contribution >= 0.6 is 0 Å². The highest BCUT2D eigenvalue weighted by Crippen LogP contribution is 2.39. The maximum absolute atomic E-state index is 12.4. The van der Waals surface area contributed by atoms with E-state index in [1.165, 1.54) is 24.0 Å². The Balaban J connectivity index is 1.67. The lowest BCUT2D eigenvalue weighted by atomic mass is 9.72. The summed E-state index contributed by atoms with van der Waals surface area (Å²) in [5.74, 6) is 0.201. The summed E-state index contributed by atoms with van der Waals surface area (Å²) in [6.07, 6.45) is 2.42. The average Bonchev–Trinajstić information content (AvgIpc) is 2.39. The Labute approximate surface area is 115 Å². The molecular weight excluding hydrogens is 236 g/mol. The first-order valence-electron chi connectivity index (χ1n) is 7.17. The number of piperidine rings is 1. The summed E-state index contributed by atoms with van der Waals surface area (Å²) in [4.78, 5) is 14.4. The minimum Gasteiger partial charge on any atom is -0.337 e. The third kappa shape index (κ3) is 2.27. The van der Waals surface area contributed by atoms with Crippen molar-refractivity contribution in [1.82, 2.24) is 10.2 Å². The van der Waals surface area contributed by atoms with Crippen molar-refractivity contribution in [3.8, 4) is 0 Å². The van der Waals surface area contributed by atoms with Crippen molar-refractivity contribution >= 4 is 5.91 Å². The molecule has 19 heavy (non-hydrogen) atoms. The first-order chi connectivity index (χ1) is 9.10. The quantitative estimate of drug-likeness (QED) is 0.837. The molecule has 2 fully saturated rings. The Morgan fingerprint density at radius 1 is 1.16 bits per heavy atom. The minimum absolute atomic E-state index is 0.201. The first-order valence-corrected chi connectivity index (χ1v) is 7.17. The van der Waals surface area contributed by atoms with E-state index in [1.54, 1.807) is 0 Å². The Hall–Kier alpha value is -1.35. The molecule has 0 bridgehead atoms. The number of amides is 1. The fourth-order valence-corrected chi connectivity index (χ4v) is 3.24. The van der Waals surface area contributed by atoms with Gasteiger partial charge in [0.25, 0.3) is 5.91 Å². The first kappa shape index (κ1) is 12.7. The monoisotopic (exact) mass is 258 g/mol. The largest absolute Gasteiger partial charge is 0.337 e. The highest BCUT2D eigenvalue weighted by atomic mass is 16.2. The number of likely N-dealkylation sites (tertiary alicyclic amines) is 1. The van der Waals surface area contributed by atoms with Gasteiger partial charge in [-0.25, -0.2) is 0 Å². The zero-order valence-electron chi connectivity index (χ0n) is 11.8. The number of carbonyl (C=O) groups excluding carboxylic acids is 1. The van der Waals surface area contributed by atoms with Crippen LogP contribution in [0.5, 0.6) is 0 Å². The van der Waals surface area contributed by atoms with Crippen molar-refractivity contribution < 1.29 is 4.79 Å². The van der Waals surface area contributed by atoms with Gasteiger partial charge in [-0.2, -0.15) is 0 Å². The van der Waals surface area contributed by atoms with Crippen LogP contribution in [0.4, 0.5) is 0 Å². The summed E-state index contributed by atoms with van der Waals surface area (Å²) in [7, 11) is 0. The molecule has 2 heterocycles. The Morgan fingerprint density at radius 2 is 1.84 bits per heavy atom. The minimum atomic E-state index is 0.201. The van der Waals surface area contributed by atoms with E-state index in [0.717, 1.165) is 31.7 Å². The van der Waals surface area contributed by atoms with Gasteiger partial charge in [0.05, 0.1) is 0 Å². The van der Waals surface area contributed by atoms with Gasteiger partial charge in [-0.05, 0) is 63.0 Å². The number of carbonyl (C=O) groups is 1. The van der Waals surface area contributed by atoms with Crippen LogP contribution in [-0.4, -0.2) is 37.0 Å². The zero-order chi connectivity index (χ0) is 13.5. The number of hydrogen-bond acceptors (Lipinski definition) is 2. The lowest BCUT2D eigenvalue weighted by Gasteiger charge is -2.52. The highest BCUT2D eigenvalue weighted by Gasteiger charge is 2.45. The van der Waals surface area contributed by atoms with Gasteiger partial charge in [-0.15, -0.1) is 0 Å². The molecule has 0 radical (unpaired) electrons. The second kappa shape index (κ2) is 4.64. The van der Waals surface area contributed by atoms with Crippen LogP contribution in [0, 0.1) is 19.3 Å². The maximum Gasteiger partial charge on any atom is 0.253 e. The van der Waals surface area contributed by atoms with Crippen molar-refractivity contribution in [3.63, 3.8) is 0 Å². The van der Waals surface area contributed by atoms with E-state index < -0.39 is 0 Å². The molecule has 2 aliphatic rings. The zero-order valence-corrected chi connectivity index (χ0v) is 11.8. The van der Waals surface area contributed by atoms with Crippen LogP contribution < -0.4 is 5.32 Å². The van der Waals surface area contributed by atoms with Crippen molar-refractivity contribution in [2.75, 3.05) is 26.2 Å². The predicted octanol–water partition coefficient (Wildman–Crippen LogP) is 2.13. The van der Waals surface area contributed by atoms with Gasteiger partial charge < -0.3 is 10.2 Å². The summed E-state index contributed by atoms with van der Waals surface area (Å²) in [5.41, 5.74) is 3.70. The van der Waals surface area contributed by atoms with Crippen molar-refractivity contribution in [1.29, 1.82) is 0 Å². The molecule has 1 N–H and O–H groups in total. The standard InChI is InChI=1S/C16H22N2O/c1-12-3-4-14(9-13(12)2)15(19)18-10-16(11-18)5-7-17-8-6-16/h3-4,9,17H,5-8,10-11H2,1-2H3. The third-order valence-electron chi connectivity index (χ3n) is 4.76. The van der Waals surface area contributed by atoms with Gasteiger partial charge >= 0.3 is 0 Å². The van der Waals surface area contributed by atoms with Crippen molar-refractivity contribution in [3.05, 3.63) is 34.9 Å². The number of hydrogen-bond donors (Lipinski definition) is 1. The fourth-order valence-electron chi connectivity index (χ4n) is 3.24. The Morgan fingerprint density at radius 3 is 2.47 bits per heavy atom. The lowest BCUT2D eigenvalue weighted by molar-refractivity contribution is -0.0113. The van der Waals surface area contributed by atoms with Gasteiger partial charge in [-0.3, -0.25) is 4.79 Å². The van der Waals surface area contributed by atoms with Crippen LogP contribution in [-0.2, 0) is 0 Å². The SMILES string of the molecule is Cc1ccc(C(=O)N2CC3(CCNCC3)C2)cc1C. The number of benzene rings is 1. The van der Waals surface area contributed by atoms with Gasteiger partial charge in [0.15, 0.2) is 0 Å². The van der Waals surface area contributed by atoms with Crippen molar-refractivity contribution in [2.45, 2.75) is 26.7 Å². The number of aryl methyl sites for hydroxylation is 2. The topological polar surface area (TPSA) is 32.3 Å². The van der Waals surface area contributed by atoms with E-state index in [2.05, 4.69) is 19.2 Å². The average molecular weight is 258 g/mol. The number of rotatable bonds is 1. The predicted molar refractivity (Wildman–Crippen MR) is 76.4 cm³/mol. The summed E-state index contributed by atoms with van der Waals surface area (Å²) in [5, 5.41) is 3.39. The molecule has 1 aromatic rings. The molecule has 102 valence electrons. The molecule has 0 aromatic heterocycles. The second-order valence-corrected chi connectivity index (χ2v) is 6.21. The normalized spacial score (nSPS) is 21.3. The van der Waals surface area contributed by atoms with Crippen LogP contribution in [0.3, 0.4) is 0 Å². The molecule has 0 aliphatic carbocycles. The summed E-state index contributed by atoms with van der Waals surface area (Å²) < 4.78 is 0. The smallest absolute Gasteiger partial charge is 0.253 e. The van der Waals surface area contributed by atoms with Gasteiger partial charge in [0, 0.05) is 24.1 Å². The van der Waals surface area contributed by atoms with Crippen LogP contribution in [0.2, 0.25) is 0 Å². The van der Waals surface area contributed by atoms with E-state index in [4.69, 9.17) is 0 Å². The van der Waals surface area contributed by atoms with E-state index in [9.17, 15) is 4.79 Å². The molecule has 1 aromatic carbocycles. The van der Waals surface area contributed by atoms with E-state index in [0.29, 0.717) is 5.41 Å². The van der Waals surface area contributed by atoms with Crippen LogP contribution in [0.25, 0.3) is 0 Å². The molecule has 3 nitrogen and oxygen atoms in total. The Bertz CT molecular complexity index is 495. The number of nitrogens with one attached hydrogen (secondary N) is 1. The van der Waals surface area contributed by atoms with Gasteiger partial charge in [0.1, 0.15) is 0 Å². The molecular formula is C16H22N2O. The molecule has 3 rings (SSSR count). The molecule has 3 heteroatoms. The Kier molecular flexibility index (Phi) is 3.09.